The number of nitrogens with one attached hydrogen (secondary N) is 1. The first-order valence-electron chi connectivity index (χ1n) is 7.65. The molecule has 22 heavy (non-hydrogen) atoms. The van der Waals surface area contributed by atoms with Crippen LogP contribution in [0, 0.1) is 19.8 Å². The van der Waals surface area contributed by atoms with Crippen molar-refractivity contribution < 1.29 is 9.90 Å². The van der Waals surface area contributed by atoms with Gasteiger partial charge in [-0.1, -0.05) is 12.1 Å². The van der Waals surface area contributed by atoms with E-state index < -0.39 is 5.97 Å². The summed E-state index contributed by atoms with van der Waals surface area (Å²) >= 11 is 0. The van der Waals surface area contributed by atoms with E-state index >= 15 is 0 Å². The Kier molecular flexibility index (Phi) is 3.88. The average molecular weight is 299 g/mol. The highest BCUT2D eigenvalue weighted by Crippen LogP contribution is 2.27. The molecule has 0 radical (unpaired) electrons. The fraction of sp³-hybridized carbons (Fsp3) is 0.412. The Balaban J connectivity index is 1.81. The van der Waals surface area contributed by atoms with Crippen LogP contribution in [0.5, 0.6) is 0 Å². The number of aliphatic carboxylic acids is 1. The number of piperidine rings is 1. The van der Waals surface area contributed by atoms with Crippen molar-refractivity contribution in [3.8, 4) is 11.3 Å². The number of carboxylic acids is 1. The Morgan fingerprint density at radius 2 is 2.14 bits per heavy atom. The van der Waals surface area contributed by atoms with E-state index in [1.165, 1.54) is 11.1 Å². The summed E-state index contributed by atoms with van der Waals surface area (Å²) in [5.41, 5.74) is 4.59. The number of carboxylic acid groups (broad SMARTS) is 1. The van der Waals surface area contributed by atoms with E-state index in [1.54, 1.807) is 0 Å². The lowest BCUT2D eigenvalue weighted by Crippen LogP contribution is -2.38. The smallest absolute Gasteiger partial charge is 0.308 e. The summed E-state index contributed by atoms with van der Waals surface area (Å²) < 4.78 is 0. The molecule has 1 unspecified atom stereocenters. The topological polar surface area (TPSA) is 69.2 Å². The van der Waals surface area contributed by atoms with Crippen LogP contribution in [0.1, 0.15) is 24.0 Å². The average Bonchev–Trinajstić information content (AvgIpc) is 3.00. The Labute approximate surface area is 130 Å². The molecule has 1 fully saturated rings. The van der Waals surface area contributed by atoms with Crippen molar-refractivity contribution in [3.63, 3.8) is 0 Å². The van der Waals surface area contributed by atoms with Crippen LogP contribution < -0.4 is 4.90 Å². The van der Waals surface area contributed by atoms with E-state index in [1.807, 2.05) is 6.07 Å². The van der Waals surface area contributed by atoms with Crippen LogP contribution in [-0.2, 0) is 4.79 Å². The third-order valence-electron chi connectivity index (χ3n) is 4.48. The van der Waals surface area contributed by atoms with Gasteiger partial charge in [0.15, 0.2) is 5.82 Å². The summed E-state index contributed by atoms with van der Waals surface area (Å²) in [5.74, 6) is -0.177. The third-order valence-corrected chi connectivity index (χ3v) is 4.48. The molecule has 1 atom stereocenters. The molecule has 0 aliphatic carbocycles. The number of hydrogen-bond acceptors (Lipinski definition) is 3. The number of nitrogens with zero attached hydrogens (tertiary/aromatic N) is 2. The molecule has 2 N–H and O–H groups in total. The van der Waals surface area contributed by atoms with Gasteiger partial charge in [-0.2, -0.15) is 5.10 Å². The summed E-state index contributed by atoms with van der Waals surface area (Å²) in [4.78, 5) is 13.2. The second-order valence-corrected chi connectivity index (χ2v) is 6.06. The Morgan fingerprint density at radius 3 is 2.86 bits per heavy atom. The molecule has 1 aromatic heterocycles. The maximum atomic E-state index is 11.2. The van der Waals surface area contributed by atoms with Gasteiger partial charge >= 0.3 is 5.97 Å². The van der Waals surface area contributed by atoms with Gasteiger partial charge in [0.1, 0.15) is 0 Å². The summed E-state index contributed by atoms with van der Waals surface area (Å²) in [5, 5.41) is 16.6. The number of aromatic nitrogens is 2. The zero-order chi connectivity index (χ0) is 15.7. The number of H-pyrrole nitrogens is 1. The lowest BCUT2D eigenvalue weighted by atomic mass is 9.98. The SMILES string of the molecule is Cc1ccc(-c2cc(N3CCCC(C(=O)O)C3)n[nH]2)cc1C. The molecule has 1 saturated heterocycles. The first-order chi connectivity index (χ1) is 10.5. The van der Waals surface area contributed by atoms with E-state index in [-0.39, 0.29) is 5.92 Å². The molecule has 116 valence electrons. The van der Waals surface area contributed by atoms with Gasteiger partial charge in [0.25, 0.3) is 0 Å². The second kappa shape index (κ2) is 5.83. The zero-order valence-corrected chi connectivity index (χ0v) is 13.0. The molecule has 0 amide bonds. The Bertz CT molecular complexity index is 693. The number of aryl methyl sites for hydroxylation is 2. The van der Waals surface area contributed by atoms with Gasteiger partial charge in [0.05, 0.1) is 11.6 Å². The number of anilines is 1. The molecule has 2 heterocycles. The fourth-order valence-corrected chi connectivity index (χ4v) is 2.92. The quantitative estimate of drug-likeness (QED) is 0.914. The second-order valence-electron chi connectivity index (χ2n) is 6.06. The van der Waals surface area contributed by atoms with Crippen LogP contribution in [0.15, 0.2) is 24.3 Å². The molecule has 0 saturated carbocycles. The third kappa shape index (κ3) is 2.84. The summed E-state index contributed by atoms with van der Waals surface area (Å²) in [6.07, 6.45) is 1.64. The number of carbonyl (C=O) groups is 1. The van der Waals surface area contributed by atoms with E-state index in [0.29, 0.717) is 6.54 Å². The maximum Gasteiger partial charge on any atom is 0.308 e. The van der Waals surface area contributed by atoms with Crippen LogP contribution in [0.25, 0.3) is 11.3 Å². The largest absolute Gasteiger partial charge is 0.481 e. The van der Waals surface area contributed by atoms with Crippen LogP contribution in [0.3, 0.4) is 0 Å². The summed E-state index contributed by atoms with van der Waals surface area (Å²) in [6.45, 7) is 5.59. The van der Waals surface area contributed by atoms with Gasteiger partial charge in [-0.25, -0.2) is 0 Å². The zero-order valence-electron chi connectivity index (χ0n) is 13.0. The first kappa shape index (κ1) is 14.6. The summed E-state index contributed by atoms with van der Waals surface area (Å²) in [6, 6.07) is 8.33. The minimum absolute atomic E-state index is 0.296. The number of rotatable bonds is 3. The van der Waals surface area contributed by atoms with Crippen molar-refractivity contribution >= 4 is 11.8 Å². The van der Waals surface area contributed by atoms with Gasteiger partial charge in [-0.15, -0.1) is 0 Å². The molecule has 5 heteroatoms. The molecule has 2 aromatic rings. The molecule has 1 aliphatic heterocycles. The van der Waals surface area contributed by atoms with Gasteiger partial charge in [0.2, 0.25) is 0 Å². The standard InChI is InChI=1S/C17H21N3O2/c1-11-5-6-13(8-12(11)2)15-9-16(19-18-15)20-7-3-4-14(10-20)17(21)22/h5-6,8-9,14H,3-4,7,10H2,1-2H3,(H,18,19)(H,21,22). The molecule has 3 rings (SSSR count). The molecule has 0 spiro atoms. The van der Waals surface area contributed by atoms with E-state index in [4.69, 9.17) is 0 Å². The molecule has 0 bridgehead atoms. The Hall–Kier alpha value is -2.30. The molecule has 1 aromatic carbocycles. The van der Waals surface area contributed by atoms with Crippen molar-refractivity contribution in [1.82, 2.24) is 10.2 Å². The number of benzene rings is 1. The predicted octanol–water partition coefficient (Wildman–Crippen LogP) is 2.99. The summed E-state index contributed by atoms with van der Waals surface area (Å²) in [7, 11) is 0. The molecule has 5 nitrogen and oxygen atoms in total. The van der Waals surface area contributed by atoms with E-state index in [2.05, 4.69) is 47.1 Å². The van der Waals surface area contributed by atoms with Gasteiger partial charge in [0, 0.05) is 19.2 Å². The van der Waals surface area contributed by atoms with Crippen molar-refractivity contribution in [3.05, 3.63) is 35.4 Å². The molecule has 1 aliphatic rings. The van der Waals surface area contributed by atoms with Crippen LogP contribution in [0.4, 0.5) is 5.82 Å². The monoisotopic (exact) mass is 299 g/mol. The minimum atomic E-state index is -0.713. The van der Waals surface area contributed by atoms with Crippen molar-refractivity contribution in [2.45, 2.75) is 26.7 Å². The highest BCUT2D eigenvalue weighted by atomic mass is 16.4. The number of aromatic amines is 1. The van der Waals surface area contributed by atoms with Crippen LogP contribution >= 0.6 is 0 Å². The van der Waals surface area contributed by atoms with Crippen molar-refractivity contribution in [2.24, 2.45) is 5.92 Å². The van der Waals surface area contributed by atoms with Gasteiger partial charge < -0.3 is 10.0 Å². The van der Waals surface area contributed by atoms with Crippen LogP contribution in [-0.4, -0.2) is 34.4 Å². The fourth-order valence-electron chi connectivity index (χ4n) is 2.92. The minimum Gasteiger partial charge on any atom is -0.481 e. The van der Waals surface area contributed by atoms with Crippen molar-refractivity contribution in [1.29, 1.82) is 0 Å². The van der Waals surface area contributed by atoms with Crippen molar-refractivity contribution in [2.75, 3.05) is 18.0 Å². The van der Waals surface area contributed by atoms with E-state index in [9.17, 15) is 9.90 Å². The van der Waals surface area contributed by atoms with Gasteiger partial charge in [-0.05, 0) is 49.4 Å². The maximum absolute atomic E-state index is 11.2. The normalized spacial score (nSPS) is 18.5. The highest BCUT2D eigenvalue weighted by molar-refractivity contribution is 5.71. The predicted molar refractivity (Wildman–Crippen MR) is 86.1 cm³/mol. The number of hydrogen-bond donors (Lipinski definition) is 2. The Morgan fingerprint density at radius 1 is 1.32 bits per heavy atom. The molecular weight excluding hydrogens is 278 g/mol. The van der Waals surface area contributed by atoms with E-state index in [0.717, 1.165) is 36.5 Å². The van der Waals surface area contributed by atoms with Gasteiger partial charge in [-0.3, -0.25) is 9.89 Å². The van der Waals surface area contributed by atoms with Crippen LogP contribution in [0.2, 0.25) is 0 Å². The highest BCUT2D eigenvalue weighted by Gasteiger charge is 2.26. The lowest BCUT2D eigenvalue weighted by molar-refractivity contribution is -0.141. The first-order valence-corrected chi connectivity index (χ1v) is 7.65. The molecular formula is C17H21N3O2. The lowest BCUT2D eigenvalue weighted by Gasteiger charge is -2.30.